The first-order chi connectivity index (χ1) is 8.58. The van der Waals surface area contributed by atoms with Gasteiger partial charge in [-0.3, -0.25) is 0 Å². The van der Waals surface area contributed by atoms with Crippen molar-refractivity contribution in [2.24, 2.45) is 5.73 Å². The van der Waals surface area contributed by atoms with E-state index in [-0.39, 0.29) is 5.54 Å². The van der Waals surface area contributed by atoms with Crippen LogP contribution in [0.4, 0.5) is 0 Å². The summed E-state index contributed by atoms with van der Waals surface area (Å²) in [5.41, 5.74) is 8.89. The molecule has 2 nitrogen and oxygen atoms in total. The lowest BCUT2D eigenvalue weighted by molar-refractivity contribution is 0.288. The number of benzene rings is 1. The lowest BCUT2D eigenvalue weighted by atomic mass is 9.87. The number of nitrogens with two attached hydrogens (primary N) is 1. The lowest BCUT2D eigenvalue weighted by Crippen LogP contribution is -2.34. The van der Waals surface area contributed by atoms with E-state index < -0.39 is 0 Å². The fourth-order valence-corrected chi connectivity index (χ4v) is 3.51. The summed E-state index contributed by atoms with van der Waals surface area (Å²) >= 11 is 3.64. The summed E-state index contributed by atoms with van der Waals surface area (Å²) in [6.45, 7) is 2.12. The molecule has 1 aromatic carbocycles. The fraction of sp³-hybridized carbons (Fsp3) is 0.600. The van der Waals surface area contributed by atoms with Crippen molar-refractivity contribution < 1.29 is 4.74 Å². The summed E-state index contributed by atoms with van der Waals surface area (Å²) in [5.74, 6) is 0.993. The summed E-state index contributed by atoms with van der Waals surface area (Å²) in [6.07, 6.45) is 7.37. The normalized spacial score (nSPS) is 22.2. The van der Waals surface area contributed by atoms with Crippen LogP contribution >= 0.6 is 15.9 Å². The zero-order valence-electron chi connectivity index (χ0n) is 10.8. The molecule has 3 heteroatoms. The average molecular weight is 310 g/mol. The molecule has 1 aromatic rings. The second kappa shape index (κ2) is 4.53. The third-order valence-electron chi connectivity index (χ3n) is 4.03. The maximum Gasteiger partial charge on any atom is 0.138 e. The van der Waals surface area contributed by atoms with Crippen molar-refractivity contribution >= 4 is 15.9 Å². The molecule has 3 rings (SSSR count). The van der Waals surface area contributed by atoms with Gasteiger partial charge in [-0.25, -0.2) is 0 Å². The predicted molar refractivity (Wildman–Crippen MR) is 76.9 cm³/mol. The van der Waals surface area contributed by atoms with Gasteiger partial charge in [0.1, 0.15) is 5.75 Å². The Labute approximate surface area is 117 Å². The lowest BCUT2D eigenvalue weighted by Gasteiger charge is -2.28. The van der Waals surface area contributed by atoms with E-state index in [9.17, 15) is 0 Å². The van der Waals surface area contributed by atoms with E-state index in [1.165, 1.54) is 36.8 Å². The van der Waals surface area contributed by atoms with Gasteiger partial charge in [0.2, 0.25) is 0 Å². The van der Waals surface area contributed by atoms with Crippen molar-refractivity contribution in [1.29, 1.82) is 0 Å². The summed E-state index contributed by atoms with van der Waals surface area (Å²) in [5, 5.41) is 0. The van der Waals surface area contributed by atoms with Gasteiger partial charge in [0.25, 0.3) is 0 Å². The Morgan fingerprint density at radius 3 is 2.56 bits per heavy atom. The molecule has 0 bridgehead atoms. The molecule has 0 aliphatic heterocycles. The molecule has 2 aliphatic rings. The average Bonchev–Trinajstić information content (AvgIpc) is 3.03. The number of ether oxygens (including phenoxy) is 1. The number of aryl methyl sites for hydroxylation is 1. The van der Waals surface area contributed by atoms with Crippen LogP contribution in [0, 0.1) is 6.92 Å². The minimum absolute atomic E-state index is 0.182. The summed E-state index contributed by atoms with van der Waals surface area (Å²) in [7, 11) is 0. The second-order valence-corrected chi connectivity index (χ2v) is 6.66. The molecule has 0 saturated heterocycles. The number of rotatable bonds is 3. The van der Waals surface area contributed by atoms with Crippen LogP contribution in [-0.4, -0.2) is 6.10 Å². The van der Waals surface area contributed by atoms with E-state index >= 15 is 0 Å². The molecule has 2 saturated carbocycles. The molecule has 0 unspecified atom stereocenters. The Balaban J connectivity index is 2.04. The number of hydrogen-bond acceptors (Lipinski definition) is 2. The topological polar surface area (TPSA) is 35.2 Å². The Kier molecular flexibility index (Phi) is 3.15. The Morgan fingerprint density at radius 2 is 1.94 bits per heavy atom. The molecule has 98 valence electrons. The summed E-state index contributed by atoms with van der Waals surface area (Å²) in [4.78, 5) is 0. The van der Waals surface area contributed by atoms with E-state index in [4.69, 9.17) is 10.5 Å². The molecule has 0 aromatic heterocycles. The predicted octanol–water partition coefficient (Wildman–Crippen LogP) is 4.03. The molecule has 2 fully saturated rings. The van der Waals surface area contributed by atoms with Crippen molar-refractivity contribution in [2.45, 2.75) is 57.1 Å². The van der Waals surface area contributed by atoms with Crippen molar-refractivity contribution in [3.05, 3.63) is 27.7 Å². The van der Waals surface area contributed by atoms with Crippen LogP contribution in [0.5, 0.6) is 5.75 Å². The first-order valence-electron chi connectivity index (χ1n) is 6.85. The molecule has 0 heterocycles. The Hall–Kier alpha value is -0.540. The van der Waals surface area contributed by atoms with Gasteiger partial charge in [0.15, 0.2) is 0 Å². The fourth-order valence-electron chi connectivity index (χ4n) is 2.85. The van der Waals surface area contributed by atoms with Crippen LogP contribution in [0.25, 0.3) is 0 Å². The number of hydrogen-bond donors (Lipinski definition) is 1. The maximum absolute atomic E-state index is 6.61. The highest BCUT2D eigenvalue weighted by molar-refractivity contribution is 9.10. The third-order valence-corrected chi connectivity index (χ3v) is 4.62. The van der Waals surface area contributed by atoms with Gasteiger partial charge in [-0.1, -0.05) is 18.9 Å². The van der Waals surface area contributed by atoms with Crippen LogP contribution in [0.3, 0.4) is 0 Å². The third kappa shape index (κ3) is 2.30. The van der Waals surface area contributed by atoms with E-state index in [2.05, 4.69) is 35.0 Å². The van der Waals surface area contributed by atoms with Crippen molar-refractivity contribution in [3.8, 4) is 5.75 Å². The van der Waals surface area contributed by atoms with Crippen molar-refractivity contribution in [1.82, 2.24) is 0 Å². The molecule has 0 spiro atoms. The molecule has 18 heavy (non-hydrogen) atoms. The van der Waals surface area contributed by atoms with Crippen molar-refractivity contribution in [2.75, 3.05) is 0 Å². The molecular weight excluding hydrogens is 290 g/mol. The van der Waals surface area contributed by atoms with Gasteiger partial charge < -0.3 is 10.5 Å². The van der Waals surface area contributed by atoms with E-state index in [0.29, 0.717) is 6.10 Å². The minimum atomic E-state index is -0.182. The highest BCUT2D eigenvalue weighted by Crippen LogP contribution is 2.45. The molecule has 2 N–H and O–H groups in total. The summed E-state index contributed by atoms with van der Waals surface area (Å²) in [6, 6.07) is 4.34. The first-order valence-corrected chi connectivity index (χ1v) is 7.64. The van der Waals surface area contributed by atoms with Crippen LogP contribution < -0.4 is 10.5 Å². The second-order valence-electron chi connectivity index (χ2n) is 5.80. The van der Waals surface area contributed by atoms with Crippen LogP contribution in [0.1, 0.15) is 49.7 Å². The largest absolute Gasteiger partial charge is 0.489 e. The van der Waals surface area contributed by atoms with E-state index in [0.717, 1.165) is 23.1 Å². The smallest absolute Gasteiger partial charge is 0.138 e. The Morgan fingerprint density at radius 1 is 1.28 bits per heavy atom. The summed E-state index contributed by atoms with van der Waals surface area (Å²) < 4.78 is 7.15. The highest BCUT2D eigenvalue weighted by atomic mass is 79.9. The zero-order chi connectivity index (χ0) is 12.8. The van der Waals surface area contributed by atoms with E-state index in [1.807, 2.05) is 0 Å². The zero-order valence-corrected chi connectivity index (χ0v) is 12.4. The van der Waals surface area contributed by atoms with Crippen LogP contribution in [0.15, 0.2) is 16.6 Å². The maximum atomic E-state index is 6.61. The quantitative estimate of drug-likeness (QED) is 0.915. The standard InChI is InChI=1S/C15H20BrNO/c1-10-8-12(15(17)6-2-3-7-15)14(13(16)9-10)18-11-4-5-11/h8-9,11H,2-7,17H2,1H3. The first kappa shape index (κ1) is 12.5. The van der Waals surface area contributed by atoms with Crippen LogP contribution in [0.2, 0.25) is 0 Å². The molecule has 2 aliphatic carbocycles. The Bertz CT molecular complexity index is 462. The van der Waals surface area contributed by atoms with Gasteiger partial charge >= 0.3 is 0 Å². The van der Waals surface area contributed by atoms with Gasteiger partial charge in [-0.2, -0.15) is 0 Å². The molecule has 0 amide bonds. The molecule has 0 atom stereocenters. The minimum Gasteiger partial charge on any atom is -0.489 e. The van der Waals surface area contributed by atoms with E-state index in [1.54, 1.807) is 0 Å². The SMILES string of the molecule is Cc1cc(Br)c(OC2CC2)c(C2(N)CCCC2)c1. The van der Waals surface area contributed by atoms with Crippen molar-refractivity contribution in [3.63, 3.8) is 0 Å². The molecular formula is C15H20BrNO. The molecule has 0 radical (unpaired) electrons. The monoisotopic (exact) mass is 309 g/mol. The van der Waals surface area contributed by atoms with Gasteiger partial charge in [-0.05, 0) is 60.2 Å². The van der Waals surface area contributed by atoms with Gasteiger partial charge in [0, 0.05) is 11.1 Å². The van der Waals surface area contributed by atoms with Crippen LogP contribution in [-0.2, 0) is 5.54 Å². The highest BCUT2D eigenvalue weighted by Gasteiger charge is 2.36. The van der Waals surface area contributed by atoms with Gasteiger partial charge in [-0.15, -0.1) is 0 Å². The van der Waals surface area contributed by atoms with Gasteiger partial charge in [0.05, 0.1) is 10.6 Å². The number of halogens is 1.